The van der Waals surface area contributed by atoms with E-state index in [1.807, 2.05) is 0 Å². The first-order valence-electron chi connectivity index (χ1n) is 6.28. The number of aryl methyl sites for hydroxylation is 1. The predicted octanol–water partition coefficient (Wildman–Crippen LogP) is 1.78. The van der Waals surface area contributed by atoms with Crippen LogP contribution in [0.1, 0.15) is 16.1 Å². The van der Waals surface area contributed by atoms with Crippen LogP contribution >= 0.6 is 0 Å². The number of carbonyl (C=O) groups excluding carboxylic acids is 1. The molecule has 2 aromatic rings. The van der Waals surface area contributed by atoms with E-state index in [2.05, 4.69) is 15.0 Å². The molecule has 0 saturated heterocycles. The summed E-state index contributed by atoms with van der Waals surface area (Å²) in [6.45, 7) is 1.76. The van der Waals surface area contributed by atoms with E-state index in [-0.39, 0.29) is 29.2 Å². The lowest BCUT2D eigenvalue weighted by atomic mass is 10.2. The van der Waals surface area contributed by atoms with Crippen LogP contribution in [-0.2, 0) is 4.74 Å². The lowest BCUT2D eigenvalue weighted by Gasteiger charge is -2.10. The van der Waals surface area contributed by atoms with Crippen LogP contribution in [0.2, 0.25) is 0 Å². The number of nitrogens with zero attached hydrogens (tertiary/aromatic N) is 3. The molecule has 8 heteroatoms. The van der Waals surface area contributed by atoms with Crippen LogP contribution in [-0.4, -0.2) is 42.3 Å². The number of esters is 1. The summed E-state index contributed by atoms with van der Waals surface area (Å²) in [7, 11) is 4.18. The first-order valence-corrected chi connectivity index (χ1v) is 6.28. The Kier molecular flexibility index (Phi) is 4.72. The maximum Gasteiger partial charge on any atom is 0.343 e. The molecule has 2 heterocycles. The van der Waals surface area contributed by atoms with Gasteiger partial charge in [0, 0.05) is 5.69 Å². The standard InChI is InChI=1S/C14H15N3O5/c1-8-5-6-9(13(18)21-4)12(15-8)22-14-16-10(19-2)7-11(17-14)20-3/h5-7H,1-4H3. The number of rotatable bonds is 5. The predicted molar refractivity (Wildman–Crippen MR) is 75.5 cm³/mol. The largest absolute Gasteiger partial charge is 0.481 e. The molecule has 0 aliphatic heterocycles. The fraction of sp³-hybridized carbons (Fsp3) is 0.286. The summed E-state index contributed by atoms with van der Waals surface area (Å²) >= 11 is 0. The van der Waals surface area contributed by atoms with Crippen molar-refractivity contribution in [1.29, 1.82) is 0 Å². The Labute approximate surface area is 127 Å². The van der Waals surface area contributed by atoms with Crippen LogP contribution in [0.15, 0.2) is 18.2 Å². The van der Waals surface area contributed by atoms with E-state index in [0.29, 0.717) is 5.69 Å². The van der Waals surface area contributed by atoms with Gasteiger partial charge in [-0.25, -0.2) is 9.78 Å². The normalized spacial score (nSPS) is 10.0. The maximum absolute atomic E-state index is 11.7. The minimum atomic E-state index is -0.572. The molecule has 0 radical (unpaired) electrons. The van der Waals surface area contributed by atoms with Crippen molar-refractivity contribution in [2.24, 2.45) is 0 Å². The smallest absolute Gasteiger partial charge is 0.343 e. The Bertz CT molecular complexity index is 668. The number of hydrogen-bond acceptors (Lipinski definition) is 8. The van der Waals surface area contributed by atoms with Gasteiger partial charge in [0.15, 0.2) is 0 Å². The first kappa shape index (κ1) is 15.5. The molecule has 2 aromatic heterocycles. The molecule has 0 aromatic carbocycles. The third-order valence-electron chi connectivity index (χ3n) is 2.67. The van der Waals surface area contributed by atoms with E-state index in [1.165, 1.54) is 27.4 Å². The zero-order valence-electron chi connectivity index (χ0n) is 12.6. The lowest BCUT2D eigenvalue weighted by Crippen LogP contribution is -2.07. The fourth-order valence-corrected chi connectivity index (χ4v) is 1.60. The molecule has 22 heavy (non-hydrogen) atoms. The van der Waals surface area contributed by atoms with E-state index >= 15 is 0 Å². The molecule has 0 amide bonds. The highest BCUT2D eigenvalue weighted by Gasteiger charge is 2.17. The topological polar surface area (TPSA) is 92.7 Å². The molecule has 0 fully saturated rings. The highest BCUT2D eigenvalue weighted by Crippen LogP contribution is 2.25. The van der Waals surface area contributed by atoms with Gasteiger partial charge in [-0.3, -0.25) is 0 Å². The van der Waals surface area contributed by atoms with Crippen molar-refractivity contribution in [2.75, 3.05) is 21.3 Å². The van der Waals surface area contributed by atoms with Gasteiger partial charge in [0.05, 0.1) is 27.4 Å². The summed E-state index contributed by atoms with van der Waals surface area (Å²) in [6, 6.07) is 4.67. The molecular formula is C14H15N3O5. The molecule has 0 aliphatic rings. The van der Waals surface area contributed by atoms with Crippen molar-refractivity contribution >= 4 is 5.97 Å². The number of aromatic nitrogens is 3. The summed E-state index contributed by atoms with van der Waals surface area (Å²) in [6.07, 6.45) is 0. The molecule has 8 nitrogen and oxygen atoms in total. The number of ether oxygens (including phenoxy) is 4. The minimum absolute atomic E-state index is 0.0437. The van der Waals surface area contributed by atoms with Gasteiger partial charge in [0.1, 0.15) is 5.56 Å². The first-order chi connectivity index (χ1) is 10.6. The number of carbonyl (C=O) groups is 1. The van der Waals surface area contributed by atoms with E-state index in [4.69, 9.17) is 18.9 Å². The monoisotopic (exact) mass is 305 g/mol. The second-order valence-electron chi connectivity index (χ2n) is 4.13. The van der Waals surface area contributed by atoms with Crippen molar-refractivity contribution < 1.29 is 23.7 Å². The maximum atomic E-state index is 11.7. The zero-order chi connectivity index (χ0) is 16.1. The summed E-state index contributed by atoms with van der Waals surface area (Å²) in [5.41, 5.74) is 0.830. The quantitative estimate of drug-likeness (QED) is 0.772. The molecule has 2 rings (SSSR count). The van der Waals surface area contributed by atoms with Gasteiger partial charge in [-0.2, -0.15) is 9.97 Å². The Balaban J connectivity index is 2.42. The van der Waals surface area contributed by atoms with E-state index in [1.54, 1.807) is 19.1 Å². The highest BCUT2D eigenvalue weighted by molar-refractivity contribution is 5.91. The van der Waals surface area contributed by atoms with Gasteiger partial charge >= 0.3 is 12.0 Å². The van der Waals surface area contributed by atoms with E-state index in [0.717, 1.165) is 0 Å². The third kappa shape index (κ3) is 3.40. The van der Waals surface area contributed by atoms with Gasteiger partial charge in [0.2, 0.25) is 17.6 Å². The number of pyridine rings is 1. The highest BCUT2D eigenvalue weighted by atomic mass is 16.5. The van der Waals surface area contributed by atoms with Crippen LogP contribution in [0.4, 0.5) is 0 Å². The van der Waals surface area contributed by atoms with Crippen molar-refractivity contribution in [3.05, 3.63) is 29.5 Å². The molecule has 0 aliphatic carbocycles. The van der Waals surface area contributed by atoms with Crippen LogP contribution in [0.25, 0.3) is 0 Å². The summed E-state index contributed by atoms with van der Waals surface area (Å²) < 4.78 is 20.3. The summed E-state index contributed by atoms with van der Waals surface area (Å²) in [5.74, 6) is -0.0113. The molecule has 0 N–H and O–H groups in total. The molecule has 0 unspecified atom stereocenters. The third-order valence-corrected chi connectivity index (χ3v) is 2.67. The van der Waals surface area contributed by atoms with Crippen LogP contribution in [0.5, 0.6) is 23.7 Å². The molecule has 0 bridgehead atoms. The van der Waals surface area contributed by atoms with Crippen molar-refractivity contribution in [2.45, 2.75) is 6.92 Å². The second kappa shape index (κ2) is 6.70. The van der Waals surface area contributed by atoms with Crippen molar-refractivity contribution in [1.82, 2.24) is 15.0 Å². The molecule has 0 atom stereocenters. The van der Waals surface area contributed by atoms with Gasteiger partial charge in [-0.1, -0.05) is 0 Å². The van der Waals surface area contributed by atoms with E-state index < -0.39 is 5.97 Å². The molecule has 0 saturated carbocycles. The Morgan fingerprint density at radius 1 is 1.00 bits per heavy atom. The Morgan fingerprint density at radius 2 is 1.64 bits per heavy atom. The number of hydrogen-bond donors (Lipinski definition) is 0. The molecule has 116 valence electrons. The SMILES string of the molecule is COC(=O)c1ccc(C)nc1Oc1nc(OC)cc(OC)n1. The van der Waals surface area contributed by atoms with Gasteiger partial charge in [0.25, 0.3) is 0 Å². The van der Waals surface area contributed by atoms with Crippen LogP contribution in [0.3, 0.4) is 0 Å². The van der Waals surface area contributed by atoms with E-state index in [9.17, 15) is 4.79 Å². The fourth-order valence-electron chi connectivity index (χ4n) is 1.60. The summed E-state index contributed by atoms with van der Waals surface area (Å²) in [4.78, 5) is 24.0. The zero-order valence-corrected chi connectivity index (χ0v) is 12.6. The average Bonchev–Trinajstić information content (AvgIpc) is 2.53. The Hall–Kier alpha value is -2.90. The van der Waals surface area contributed by atoms with Gasteiger partial charge in [-0.15, -0.1) is 0 Å². The number of methoxy groups -OCH3 is 3. The van der Waals surface area contributed by atoms with Crippen LogP contribution < -0.4 is 14.2 Å². The van der Waals surface area contributed by atoms with Gasteiger partial charge in [-0.05, 0) is 19.1 Å². The van der Waals surface area contributed by atoms with Crippen LogP contribution in [0, 0.1) is 6.92 Å². The second-order valence-corrected chi connectivity index (χ2v) is 4.13. The summed E-state index contributed by atoms with van der Waals surface area (Å²) in [5, 5.41) is 0. The van der Waals surface area contributed by atoms with Gasteiger partial charge < -0.3 is 18.9 Å². The van der Waals surface area contributed by atoms with Crippen molar-refractivity contribution in [3.63, 3.8) is 0 Å². The van der Waals surface area contributed by atoms with Crippen molar-refractivity contribution in [3.8, 4) is 23.7 Å². The molecular weight excluding hydrogens is 290 g/mol. The molecule has 0 spiro atoms. The lowest BCUT2D eigenvalue weighted by molar-refractivity contribution is 0.0597. The minimum Gasteiger partial charge on any atom is -0.481 e. The Morgan fingerprint density at radius 3 is 2.18 bits per heavy atom. The average molecular weight is 305 g/mol.